The Morgan fingerprint density at radius 1 is 1.24 bits per heavy atom. The van der Waals surface area contributed by atoms with Crippen LogP contribution in [0.1, 0.15) is 25.3 Å². The monoisotopic (exact) mass is 357 g/mol. The van der Waals surface area contributed by atoms with Crippen molar-refractivity contribution in [3.05, 3.63) is 22.2 Å². The first-order valence-corrected chi connectivity index (χ1v) is 8.16. The van der Waals surface area contributed by atoms with Crippen LogP contribution in [0.25, 0.3) is 0 Å². The van der Waals surface area contributed by atoms with Crippen LogP contribution < -0.4 is 14.8 Å². The van der Waals surface area contributed by atoms with Crippen LogP contribution in [-0.4, -0.2) is 33.5 Å². The van der Waals surface area contributed by atoms with E-state index in [0.29, 0.717) is 12.0 Å². The van der Waals surface area contributed by atoms with E-state index in [1.54, 1.807) is 14.2 Å². The molecule has 0 saturated carbocycles. The third-order valence-corrected chi connectivity index (χ3v) is 4.88. The smallest absolute Gasteiger partial charge is 0.161 e. The van der Waals surface area contributed by atoms with Gasteiger partial charge in [-0.05, 0) is 43.4 Å². The first-order chi connectivity index (χ1) is 10.2. The van der Waals surface area contributed by atoms with E-state index in [1.807, 2.05) is 12.1 Å². The van der Waals surface area contributed by atoms with Gasteiger partial charge < -0.3 is 19.5 Å². The predicted octanol–water partition coefficient (Wildman–Crippen LogP) is 3.37. The normalized spacial score (nSPS) is 17.5. The molecule has 118 valence electrons. The first kappa shape index (κ1) is 16.6. The maximum absolute atomic E-state index is 5.42. The Kier molecular flexibility index (Phi) is 6.33. The number of nitrogens with one attached hydrogen (secondary N) is 1. The van der Waals surface area contributed by atoms with E-state index in [0.717, 1.165) is 48.6 Å². The number of rotatable bonds is 6. The van der Waals surface area contributed by atoms with Crippen molar-refractivity contribution in [1.29, 1.82) is 0 Å². The quantitative estimate of drug-likeness (QED) is 0.847. The molecule has 1 saturated heterocycles. The Morgan fingerprint density at radius 3 is 2.48 bits per heavy atom. The Balaban J connectivity index is 1.98. The second-order valence-corrected chi connectivity index (χ2v) is 6.27. The third kappa shape index (κ3) is 4.34. The molecule has 0 amide bonds. The molecular weight excluding hydrogens is 334 g/mol. The van der Waals surface area contributed by atoms with Crippen molar-refractivity contribution in [3.63, 3.8) is 0 Å². The topological polar surface area (TPSA) is 39.7 Å². The van der Waals surface area contributed by atoms with Gasteiger partial charge in [0.25, 0.3) is 0 Å². The van der Waals surface area contributed by atoms with Gasteiger partial charge in [0.1, 0.15) is 0 Å². The molecule has 4 nitrogen and oxygen atoms in total. The fraction of sp³-hybridized carbons (Fsp3) is 0.625. The van der Waals surface area contributed by atoms with Crippen LogP contribution in [0.5, 0.6) is 11.5 Å². The van der Waals surface area contributed by atoms with Crippen molar-refractivity contribution in [2.24, 2.45) is 5.92 Å². The molecule has 0 bridgehead atoms. The van der Waals surface area contributed by atoms with E-state index in [9.17, 15) is 0 Å². The van der Waals surface area contributed by atoms with Gasteiger partial charge >= 0.3 is 0 Å². The summed E-state index contributed by atoms with van der Waals surface area (Å²) in [5, 5.41) is 3.62. The minimum atomic E-state index is 0.480. The van der Waals surface area contributed by atoms with Crippen molar-refractivity contribution in [2.45, 2.75) is 32.4 Å². The van der Waals surface area contributed by atoms with Crippen molar-refractivity contribution in [2.75, 3.05) is 27.4 Å². The third-order valence-electron chi connectivity index (χ3n) is 4.14. The standard InChI is InChI=1S/C16H24BrNO3/c1-11(12-4-6-21-7-5-12)18-10-13-8-15(19-2)16(20-3)9-14(13)17/h8-9,11-12,18H,4-7,10H2,1-3H3. The van der Waals surface area contributed by atoms with E-state index in [2.05, 4.69) is 28.2 Å². The van der Waals surface area contributed by atoms with Crippen LogP contribution in [0.3, 0.4) is 0 Å². The van der Waals surface area contributed by atoms with E-state index in [-0.39, 0.29) is 0 Å². The SMILES string of the molecule is COc1cc(Br)c(CNC(C)C2CCOCC2)cc1OC. The summed E-state index contributed by atoms with van der Waals surface area (Å²) in [6.45, 7) is 4.83. The van der Waals surface area contributed by atoms with Crippen molar-refractivity contribution in [1.82, 2.24) is 5.32 Å². The van der Waals surface area contributed by atoms with Gasteiger partial charge in [-0.15, -0.1) is 0 Å². The van der Waals surface area contributed by atoms with Gasteiger partial charge in [0.2, 0.25) is 0 Å². The zero-order valence-corrected chi connectivity index (χ0v) is 14.5. The second-order valence-electron chi connectivity index (χ2n) is 5.42. The van der Waals surface area contributed by atoms with E-state index in [4.69, 9.17) is 14.2 Å². The molecule has 1 fully saturated rings. The summed E-state index contributed by atoms with van der Waals surface area (Å²) < 4.78 is 17.1. The summed E-state index contributed by atoms with van der Waals surface area (Å²) >= 11 is 3.60. The van der Waals surface area contributed by atoms with Gasteiger partial charge in [-0.2, -0.15) is 0 Å². The highest BCUT2D eigenvalue weighted by molar-refractivity contribution is 9.10. The van der Waals surface area contributed by atoms with E-state index >= 15 is 0 Å². The number of halogens is 1. The van der Waals surface area contributed by atoms with Crippen LogP contribution in [0.2, 0.25) is 0 Å². The molecule has 1 unspecified atom stereocenters. The average molecular weight is 358 g/mol. The van der Waals surface area contributed by atoms with Gasteiger partial charge in [-0.1, -0.05) is 15.9 Å². The van der Waals surface area contributed by atoms with Crippen LogP contribution in [0.4, 0.5) is 0 Å². The molecular formula is C16H24BrNO3. The molecule has 5 heteroatoms. The molecule has 0 aliphatic carbocycles. The summed E-state index contributed by atoms with van der Waals surface area (Å²) in [6.07, 6.45) is 2.28. The van der Waals surface area contributed by atoms with Crippen LogP contribution in [0, 0.1) is 5.92 Å². The Labute approximate surface area is 135 Å². The van der Waals surface area contributed by atoms with Gasteiger partial charge in [-0.25, -0.2) is 0 Å². The number of hydrogen-bond acceptors (Lipinski definition) is 4. The maximum Gasteiger partial charge on any atom is 0.161 e. The van der Waals surface area contributed by atoms with Gasteiger partial charge in [0.05, 0.1) is 14.2 Å². The predicted molar refractivity (Wildman–Crippen MR) is 87.1 cm³/mol. The molecule has 1 aromatic carbocycles. The van der Waals surface area contributed by atoms with Gasteiger partial charge in [0.15, 0.2) is 11.5 Å². The van der Waals surface area contributed by atoms with Gasteiger partial charge in [-0.3, -0.25) is 0 Å². The molecule has 0 aromatic heterocycles. The lowest BCUT2D eigenvalue weighted by atomic mass is 9.93. The van der Waals surface area contributed by atoms with Crippen molar-refractivity contribution in [3.8, 4) is 11.5 Å². The molecule has 1 aliphatic rings. The number of ether oxygens (including phenoxy) is 3. The summed E-state index contributed by atoms with van der Waals surface area (Å²) in [5.74, 6) is 2.19. The number of hydrogen-bond donors (Lipinski definition) is 1. The summed E-state index contributed by atoms with van der Waals surface area (Å²) in [7, 11) is 3.31. The maximum atomic E-state index is 5.42. The Hall–Kier alpha value is -0.780. The molecule has 0 spiro atoms. The molecule has 1 heterocycles. The van der Waals surface area contributed by atoms with E-state index < -0.39 is 0 Å². The van der Waals surface area contributed by atoms with E-state index in [1.165, 1.54) is 5.56 Å². The summed E-state index contributed by atoms with van der Waals surface area (Å²) in [6, 6.07) is 4.45. The Bertz CT molecular complexity index is 461. The summed E-state index contributed by atoms with van der Waals surface area (Å²) in [5.41, 5.74) is 1.17. The number of benzene rings is 1. The molecule has 0 radical (unpaired) electrons. The largest absolute Gasteiger partial charge is 0.493 e. The lowest BCUT2D eigenvalue weighted by Crippen LogP contribution is -2.36. The molecule has 1 atom stereocenters. The Morgan fingerprint density at radius 2 is 1.86 bits per heavy atom. The minimum absolute atomic E-state index is 0.480. The zero-order valence-electron chi connectivity index (χ0n) is 12.9. The van der Waals surface area contributed by atoms with Gasteiger partial charge in [0, 0.05) is 30.3 Å². The molecule has 1 N–H and O–H groups in total. The highest BCUT2D eigenvalue weighted by Gasteiger charge is 2.20. The fourth-order valence-corrected chi connectivity index (χ4v) is 3.15. The van der Waals surface area contributed by atoms with Crippen LogP contribution in [-0.2, 0) is 11.3 Å². The first-order valence-electron chi connectivity index (χ1n) is 7.37. The number of methoxy groups -OCH3 is 2. The second kappa shape index (κ2) is 8.01. The molecule has 21 heavy (non-hydrogen) atoms. The van der Waals surface area contributed by atoms with Crippen LogP contribution in [0.15, 0.2) is 16.6 Å². The highest BCUT2D eigenvalue weighted by atomic mass is 79.9. The summed E-state index contributed by atoms with van der Waals surface area (Å²) in [4.78, 5) is 0. The minimum Gasteiger partial charge on any atom is -0.493 e. The zero-order chi connectivity index (χ0) is 15.2. The average Bonchev–Trinajstić information content (AvgIpc) is 2.53. The highest BCUT2D eigenvalue weighted by Crippen LogP contribution is 2.33. The lowest BCUT2D eigenvalue weighted by Gasteiger charge is -2.28. The van der Waals surface area contributed by atoms with Crippen molar-refractivity contribution >= 4 is 15.9 Å². The fourth-order valence-electron chi connectivity index (χ4n) is 2.69. The molecule has 1 aliphatic heterocycles. The lowest BCUT2D eigenvalue weighted by molar-refractivity contribution is 0.0558. The van der Waals surface area contributed by atoms with Crippen molar-refractivity contribution < 1.29 is 14.2 Å². The van der Waals surface area contributed by atoms with Crippen LogP contribution >= 0.6 is 15.9 Å². The molecule has 1 aromatic rings. The molecule has 2 rings (SSSR count).